The van der Waals surface area contributed by atoms with E-state index in [0.29, 0.717) is 12.0 Å². The van der Waals surface area contributed by atoms with E-state index in [4.69, 9.17) is 0 Å². The third kappa shape index (κ3) is 3.02. The molecule has 1 aromatic carbocycles. The Morgan fingerprint density at radius 1 is 1.23 bits per heavy atom. The van der Waals surface area contributed by atoms with E-state index in [9.17, 15) is 9.18 Å². The molecule has 4 heteroatoms. The van der Waals surface area contributed by atoms with Gasteiger partial charge in [0, 0.05) is 36.5 Å². The Balaban J connectivity index is 1.50. The Morgan fingerprint density at radius 2 is 1.86 bits per heavy atom. The van der Waals surface area contributed by atoms with Gasteiger partial charge in [-0.1, -0.05) is 32.0 Å². The van der Waals surface area contributed by atoms with Crippen LogP contribution in [-0.2, 0) is 11.3 Å². The molecule has 2 fully saturated rings. The zero-order chi connectivity index (χ0) is 15.7. The highest BCUT2D eigenvalue weighted by atomic mass is 19.1. The summed E-state index contributed by atoms with van der Waals surface area (Å²) in [6.07, 6.45) is 2.23. The summed E-state index contributed by atoms with van der Waals surface area (Å²) in [6, 6.07) is 7.03. The first-order valence-corrected chi connectivity index (χ1v) is 8.24. The van der Waals surface area contributed by atoms with E-state index in [1.54, 1.807) is 6.07 Å². The number of carbonyl (C=O) groups excluding carboxylic acids is 1. The van der Waals surface area contributed by atoms with Crippen molar-refractivity contribution in [1.82, 2.24) is 9.80 Å². The number of likely N-dealkylation sites (tertiary alicyclic amines) is 2. The average molecular weight is 304 g/mol. The highest BCUT2D eigenvalue weighted by Gasteiger charge is 2.46. The molecule has 3 nitrogen and oxygen atoms in total. The van der Waals surface area contributed by atoms with Gasteiger partial charge >= 0.3 is 0 Å². The van der Waals surface area contributed by atoms with Gasteiger partial charge in [-0.15, -0.1) is 0 Å². The summed E-state index contributed by atoms with van der Waals surface area (Å²) >= 11 is 0. The fraction of sp³-hybridized carbons (Fsp3) is 0.611. The van der Waals surface area contributed by atoms with Crippen LogP contribution in [0.25, 0.3) is 0 Å². The van der Waals surface area contributed by atoms with Crippen LogP contribution >= 0.6 is 0 Å². The Labute approximate surface area is 132 Å². The van der Waals surface area contributed by atoms with Crippen LogP contribution in [0.5, 0.6) is 0 Å². The normalized spacial score (nSPS) is 21.2. The lowest BCUT2D eigenvalue weighted by Gasteiger charge is -2.54. The monoisotopic (exact) mass is 304 g/mol. The second-order valence-corrected chi connectivity index (χ2v) is 7.22. The molecule has 0 unspecified atom stereocenters. The molecule has 2 saturated heterocycles. The van der Waals surface area contributed by atoms with Gasteiger partial charge in [0.2, 0.25) is 5.91 Å². The van der Waals surface area contributed by atoms with E-state index in [-0.39, 0.29) is 17.6 Å². The molecule has 0 aliphatic carbocycles. The number of hydrogen-bond donors (Lipinski definition) is 0. The zero-order valence-electron chi connectivity index (χ0n) is 13.5. The molecule has 3 rings (SSSR count). The van der Waals surface area contributed by atoms with Crippen molar-refractivity contribution in [3.05, 3.63) is 35.6 Å². The van der Waals surface area contributed by atoms with Gasteiger partial charge in [-0.2, -0.15) is 0 Å². The number of nitrogens with zero attached hydrogens (tertiary/aromatic N) is 2. The van der Waals surface area contributed by atoms with Crippen LogP contribution in [-0.4, -0.2) is 41.9 Å². The molecule has 1 spiro atoms. The fourth-order valence-corrected chi connectivity index (χ4v) is 3.65. The summed E-state index contributed by atoms with van der Waals surface area (Å²) in [7, 11) is 0. The van der Waals surface area contributed by atoms with Gasteiger partial charge < -0.3 is 4.90 Å². The van der Waals surface area contributed by atoms with Crippen LogP contribution in [0.1, 0.15) is 32.3 Å². The third-order valence-electron chi connectivity index (χ3n) is 5.13. The Hall–Kier alpha value is -1.42. The summed E-state index contributed by atoms with van der Waals surface area (Å²) in [5, 5.41) is 0. The molecular weight excluding hydrogens is 279 g/mol. The highest BCUT2D eigenvalue weighted by Crippen LogP contribution is 2.41. The number of halogens is 1. The van der Waals surface area contributed by atoms with Crippen LogP contribution in [0.3, 0.4) is 0 Å². The van der Waals surface area contributed by atoms with Crippen molar-refractivity contribution < 1.29 is 9.18 Å². The minimum Gasteiger partial charge on any atom is -0.341 e. The van der Waals surface area contributed by atoms with E-state index in [1.807, 2.05) is 30.9 Å². The quantitative estimate of drug-likeness (QED) is 0.857. The lowest BCUT2D eigenvalue weighted by Crippen LogP contribution is -2.62. The van der Waals surface area contributed by atoms with E-state index >= 15 is 0 Å². The van der Waals surface area contributed by atoms with Crippen molar-refractivity contribution in [3.63, 3.8) is 0 Å². The molecule has 0 atom stereocenters. The van der Waals surface area contributed by atoms with Gasteiger partial charge in [0.1, 0.15) is 5.82 Å². The molecule has 0 bridgehead atoms. The SMILES string of the molecule is CC(C)C(=O)N1CC2(CCN(Cc3ccccc3F)CC2)C1. The fourth-order valence-electron chi connectivity index (χ4n) is 3.65. The van der Waals surface area contributed by atoms with Gasteiger partial charge in [0.25, 0.3) is 0 Å². The van der Waals surface area contributed by atoms with Crippen LogP contribution in [0.2, 0.25) is 0 Å². The van der Waals surface area contributed by atoms with Crippen molar-refractivity contribution in [2.45, 2.75) is 33.2 Å². The van der Waals surface area contributed by atoms with E-state index < -0.39 is 0 Å². The highest BCUT2D eigenvalue weighted by molar-refractivity contribution is 5.79. The second-order valence-electron chi connectivity index (χ2n) is 7.22. The molecule has 22 heavy (non-hydrogen) atoms. The van der Waals surface area contributed by atoms with E-state index in [0.717, 1.165) is 44.6 Å². The van der Waals surface area contributed by atoms with Crippen LogP contribution in [0.15, 0.2) is 24.3 Å². The molecule has 0 radical (unpaired) electrons. The summed E-state index contributed by atoms with van der Waals surface area (Å²) in [6.45, 7) is 8.44. The van der Waals surface area contributed by atoms with Crippen molar-refractivity contribution >= 4 is 5.91 Å². The Bertz CT molecular complexity index is 542. The van der Waals surface area contributed by atoms with Crippen LogP contribution < -0.4 is 0 Å². The van der Waals surface area contributed by atoms with Crippen LogP contribution in [0, 0.1) is 17.2 Å². The van der Waals surface area contributed by atoms with Crippen molar-refractivity contribution in [3.8, 4) is 0 Å². The van der Waals surface area contributed by atoms with E-state index in [1.165, 1.54) is 6.07 Å². The summed E-state index contributed by atoms with van der Waals surface area (Å²) in [4.78, 5) is 16.3. The average Bonchev–Trinajstić information content (AvgIpc) is 2.47. The Kier molecular flexibility index (Phi) is 4.22. The first-order chi connectivity index (χ1) is 10.5. The van der Waals surface area contributed by atoms with Gasteiger partial charge in [-0.3, -0.25) is 9.69 Å². The van der Waals surface area contributed by atoms with Gasteiger partial charge in [-0.05, 0) is 32.0 Å². The standard InChI is InChI=1S/C18H25FN2O/c1-14(2)17(22)21-12-18(13-21)7-9-20(10-8-18)11-15-5-3-4-6-16(15)19/h3-6,14H,7-13H2,1-2H3. The number of benzene rings is 1. The number of carbonyl (C=O) groups is 1. The van der Waals surface area contributed by atoms with Gasteiger partial charge in [0.05, 0.1) is 0 Å². The number of rotatable bonds is 3. The smallest absolute Gasteiger partial charge is 0.225 e. The second kappa shape index (κ2) is 5.99. The van der Waals surface area contributed by atoms with Crippen molar-refractivity contribution in [1.29, 1.82) is 0 Å². The predicted molar refractivity (Wildman–Crippen MR) is 84.8 cm³/mol. The van der Waals surface area contributed by atoms with Crippen molar-refractivity contribution in [2.75, 3.05) is 26.2 Å². The molecule has 2 aliphatic heterocycles. The molecule has 2 aliphatic rings. The number of hydrogen-bond acceptors (Lipinski definition) is 2. The molecule has 0 N–H and O–H groups in total. The lowest BCUT2D eigenvalue weighted by atomic mass is 9.71. The molecule has 0 saturated carbocycles. The molecule has 1 aromatic rings. The number of piperidine rings is 1. The van der Waals surface area contributed by atoms with Gasteiger partial charge in [0.15, 0.2) is 0 Å². The lowest BCUT2D eigenvalue weighted by molar-refractivity contribution is -0.150. The molecular formula is C18H25FN2O. The maximum Gasteiger partial charge on any atom is 0.225 e. The summed E-state index contributed by atoms with van der Waals surface area (Å²) in [5.74, 6) is 0.262. The molecule has 2 heterocycles. The number of amides is 1. The maximum atomic E-state index is 13.7. The van der Waals surface area contributed by atoms with Crippen LogP contribution in [0.4, 0.5) is 4.39 Å². The third-order valence-corrected chi connectivity index (χ3v) is 5.13. The van der Waals surface area contributed by atoms with E-state index in [2.05, 4.69) is 4.90 Å². The maximum absolute atomic E-state index is 13.7. The minimum absolute atomic E-state index is 0.0958. The molecule has 120 valence electrons. The first kappa shape index (κ1) is 15.5. The molecule has 0 aromatic heterocycles. The van der Waals surface area contributed by atoms with Gasteiger partial charge in [-0.25, -0.2) is 4.39 Å². The molecule has 1 amide bonds. The minimum atomic E-state index is -0.111. The topological polar surface area (TPSA) is 23.6 Å². The summed E-state index contributed by atoms with van der Waals surface area (Å²) in [5.41, 5.74) is 1.11. The largest absolute Gasteiger partial charge is 0.341 e. The summed E-state index contributed by atoms with van der Waals surface area (Å²) < 4.78 is 13.7. The van der Waals surface area contributed by atoms with Crippen molar-refractivity contribution in [2.24, 2.45) is 11.3 Å². The zero-order valence-corrected chi connectivity index (χ0v) is 13.5. The Morgan fingerprint density at radius 3 is 2.45 bits per heavy atom. The predicted octanol–water partition coefficient (Wildman–Crippen LogP) is 2.91. The first-order valence-electron chi connectivity index (χ1n) is 8.24.